The molecule has 1 atom stereocenters. The van der Waals surface area contributed by atoms with E-state index in [0.29, 0.717) is 71.1 Å². The number of piperazine rings is 1. The van der Waals surface area contributed by atoms with Gasteiger partial charge in [-0.15, -0.1) is 0 Å². The number of benzene rings is 2. The topological polar surface area (TPSA) is 115 Å². The number of alkyl halides is 3. The number of carbonyl (C=O) groups excluding carboxylic acids is 3. The van der Waals surface area contributed by atoms with Crippen LogP contribution in [0, 0.1) is 0 Å². The van der Waals surface area contributed by atoms with E-state index >= 15 is 0 Å². The van der Waals surface area contributed by atoms with Gasteiger partial charge in [-0.1, -0.05) is 29.8 Å². The summed E-state index contributed by atoms with van der Waals surface area (Å²) in [4.78, 5) is 50.2. The van der Waals surface area contributed by atoms with E-state index in [4.69, 9.17) is 22.1 Å². The van der Waals surface area contributed by atoms with Gasteiger partial charge >= 0.3 is 18.3 Å². The fraction of sp³-hybridized carbons (Fsp3) is 0.571. The van der Waals surface area contributed by atoms with Crippen LogP contribution in [0.2, 0.25) is 5.02 Å². The Hall–Kier alpha value is -3.75. The number of nitrogens with one attached hydrogen (secondary N) is 1. The number of anilines is 2. The van der Waals surface area contributed by atoms with Crippen molar-refractivity contribution in [2.45, 2.75) is 62.9 Å². The van der Waals surface area contributed by atoms with E-state index in [1.807, 2.05) is 29.2 Å². The second-order valence-electron chi connectivity index (χ2n) is 13.8. The molecule has 3 fully saturated rings. The van der Waals surface area contributed by atoms with E-state index in [1.54, 1.807) is 4.90 Å². The molecular weight excluding hydrogens is 675 g/mol. The van der Waals surface area contributed by atoms with Crippen LogP contribution >= 0.6 is 11.6 Å². The van der Waals surface area contributed by atoms with Crippen molar-refractivity contribution in [3.8, 4) is 0 Å². The minimum Gasteiger partial charge on any atom is -0.436 e. The molecule has 0 aromatic heterocycles. The summed E-state index contributed by atoms with van der Waals surface area (Å²) >= 11 is 6.11. The van der Waals surface area contributed by atoms with Gasteiger partial charge in [-0.05, 0) is 81.6 Å². The SMILES string of the molecule is CN1CCC(N2CCN(C(=O)[C@@H](Cc3cc(Cl)c(N)c(C(F)(F)F)c3)OC(=O)N3CCC(N4CCc5ccccc5NC4=O)CC3)CC2)CC1. The van der Waals surface area contributed by atoms with Gasteiger partial charge in [0.15, 0.2) is 6.10 Å². The van der Waals surface area contributed by atoms with Gasteiger partial charge in [-0.25, -0.2) is 9.59 Å². The lowest BCUT2D eigenvalue weighted by Crippen LogP contribution is -2.56. The standard InChI is InChI=1S/C35H45ClF3N7O4/c1-42-11-7-25(8-12-42)43-16-18-44(19-17-43)32(47)30(22-23-20-27(35(37,38)39)31(40)28(36)21-23)50-34(49)45-13-9-26(10-14-45)46-15-6-24-4-2-3-5-29(24)41-33(46)48/h2-5,20-21,25-26,30H,6-19,22,40H2,1H3,(H,41,48)/t30-/m1/s1. The van der Waals surface area contributed by atoms with Crippen LogP contribution in [-0.4, -0.2) is 127 Å². The molecule has 2 aromatic rings. The smallest absolute Gasteiger partial charge is 0.418 e. The van der Waals surface area contributed by atoms with Crippen LogP contribution in [0.1, 0.15) is 42.4 Å². The molecule has 0 spiro atoms. The molecule has 3 N–H and O–H groups in total. The molecule has 0 bridgehead atoms. The number of para-hydroxylation sites is 1. The highest BCUT2D eigenvalue weighted by atomic mass is 35.5. The normalized spacial score (nSPS) is 21.0. The van der Waals surface area contributed by atoms with Crippen molar-refractivity contribution in [2.24, 2.45) is 0 Å². The minimum atomic E-state index is -4.76. The molecule has 2 aromatic carbocycles. The zero-order valence-electron chi connectivity index (χ0n) is 28.3. The summed E-state index contributed by atoms with van der Waals surface area (Å²) < 4.78 is 47.3. The fourth-order valence-electron chi connectivity index (χ4n) is 7.59. The van der Waals surface area contributed by atoms with Gasteiger partial charge in [0.2, 0.25) is 0 Å². The number of nitrogen functional groups attached to an aromatic ring is 1. The summed E-state index contributed by atoms with van der Waals surface area (Å²) in [5.41, 5.74) is 5.89. The first-order chi connectivity index (χ1) is 23.9. The average molecular weight is 720 g/mol. The van der Waals surface area contributed by atoms with Crippen molar-refractivity contribution in [3.63, 3.8) is 0 Å². The van der Waals surface area contributed by atoms with Gasteiger partial charge in [0.25, 0.3) is 5.91 Å². The van der Waals surface area contributed by atoms with Crippen LogP contribution < -0.4 is 11.1 Å². The number of nitrogens with two attached hydrogens (primary N) is 1. The zero-order valence-corrected chi connectivity index (χ0v) is 29.0. The number of nitrogens with zero attached hydrogens (tertiary/aromatic N) is 5. The lowest BCUT2D eigenvalue weighted by Gasteiger charge is -2.42. The highest BCUT2D eigenvalue weighted by Crippen LogP contribution is 2.38. The van der Waals surface area contributed by atoms with Crippen molar-refractivity contribution in [1.82, 2.24) is 24.5 Å². The number of hydrogen-bond acceptors (Lipinski definition) is 7. The Morgan fingerprint density at radius 1 is 0.940 bits per heavy atom. The number of carbonyl (C=O) groups is 3. The highest BCUT2D eigenvalue weighted by Gasteiger charge is 2.38. The Bertz CT molecular complexity index is 1560. The van der Waals surface area contributed by atoms with E-state index in [2.05, 4.69) is 22.2 Å². The predicted octanol–water partition coefficient (Wildman–Crippen LogP) is 4.78. The summed E-state index contributed by atoms with van der Waals surface area (Å²) in [5, 5.41) is 2.70. The molecule has 15 heteroatoms. The first kappa shape index (κ1) is 36.1. The molecular formula is C35H45ClF3N7O4. The summed E-state index contributed by atoms with van der Waals surface area (Å²) in [7, 11) is 2.11. The van der Waals surface area contributed by atoms with Gasteiger partial charge in [-0.2, -0.15) is 13.2 Å². The Labute approximate surface area is 295 Å². The molecule has 4 aliphatic rings. The fourth-order valence-corrected chi connectivity index (χ4v) is 7.83. The van der Waals surface area contributed by atoms with Crippen molar-refractivity contribution in [2.75, 3.05) is 77.0 Å². The number of piperidine rings is 2. The summed E-state index contributed by atoms with van der Waals surface area (Å²) in [6.07, 6.45) is -3.32. The number of halogens is 4. The second kappa shape index (κ2) is 15.2. The number of rotatable bonds is 6. The molecule has 4 aliphatic heterocycles. The number of fused-ring (bicyclic) bond motifs is 1. The molecule has 272 valence electrons. The van der Waals surface area contributed by atoms with E-state index in [-0.39, 0.29) is 29.1 Å². The van der Waals surface area contributed by atoms with Crippen LogP contribution in [0.25, 0.3) is 0 Å². The molecule has 6 rings (SSSR count). The predicted molar refractivity (Wildman–Crippen MR) is 184 cm³/mol. The molecule has 3 saturated heterocycles. The Balaban J connectivity index is 1.12. The molecule has 0 unspecified atom stereocenters. The van der Waals surface area contributed by atoms with Crippen molar-refractivity contribution < 1.29 is 32.3 Å². The Morgan fingerprint density at radius 2 is 1.60 bits per heavy atom. The van der Waals surface area contributed by atoms with Gasteiger partial charge in [0.1, 0.15) is 0 Å². The van der Waals surface area contributed by atoms with E-state index in [1.165, 1.54) is 11.0 Å². The van der Waals surface area contributed by atoms with Crippen LogP contribution in [0.4, 0.5) is 34.1 Å². The lowest BCUT2D eigenvalue weighted by atomic mass is 10.0. The van der Waals surface area contributed by atoms with Crippen LogP contribution in [0.15, 0.2) is 36.4 Å². The van der Waals surface area contributed by atoms with Gasteiger partial charge < -0.3 is 35.4 Å². The molecule has 50 heavy (non-hydrogen) atoms. The molecule has 0 saturated carbocycles. The van der Waals surface area contributed by atoms with Crippen LogP contribution in [-0.2, 0) is 28.5 Å². The second-order valence-corrected chi connectivity index (χ2v) is 14.2. The van der Waals surface area contributed by atoms with Gasteiger partial charge in [-0.3, -0.25) is 9.69 Å². The maximum absolute atomic E-state index is 14.0. The number of likely N-dealkylation sites (tertiary alicyclic amines) is 2. The third-order valence-corrected chi connectivity index (χ3v) is 10.9. The Kier molecular flexibility index (Phi) is 11.0. The average Bonchev–Trinajstić information content (AvgIpc) is 3.27. The summed E-state index contributed by atoms with van der Waals surface area (Å²) in [5.74, 6) is -0.460. The first-order valence-corrected chi connectivity index (χ1v) is 17.7. The molecule has 4 amide bonds. The lowest BCUT2D eigenvalue weighted by molar-refractivity contribution is -0.143. The monoisotopic (exact) mass is 719 g/mol. The zero-order chi connectivity index (χ0) is 35.6. The first-order valence-electron chi connectivity index (χ1n) is 17.3. The number of urea groups is 1. The maximum atomic E-state index is 14.0. The summed E-state index contributed by atoms with van der Waals surface area (Å²) in [6.45, 7) is 5.33. The van der Waals surface area contributed by atoms with Crippen molar-refractivity contribution in [3.05, 3.63) is 58.1 Å². The van der Waals surface area contributed by atoms with Crippen LogP contribution in [0.3, 0.4) is 0 Å². The van der Waals surface area contributed by atoms with E-state index < -0.39 is 35.5 Å². The third kappa shape index (κ3) is 8.24. The largest absolute Gasteiger partial charge is 0.436 e. The molecule has 0 aliphatic carbocycles. The maximum Gasteiger partial charge on any atom is 0.418 e. The van der Waals surface area contributed by atoms with Crippen molar-refractivity contribution >= 4 is 41.0 Å². The number of hydrogen-bond donors (Lipinski definition) is 2. The van der Waals surface area contributed by atoms with Crippen LogP contribution in [0.5, 0.6) is 0 Å². The highest BCUT2D eigenvalue weighted by molar-refractivity contribution is 6.33. The van der Waals surface area contributed by atoms with E-state index in [0.717, 1.165) is 43.2 Å². The number of ether oxygens (including phenoxy) is 1. The van der Waals surface area contributed by atoms with Crippen molar-refractivity contribution in [1.29, 1.82) is 0 Å². The molecule has 11 nitrogen and oxygen atoms in total. The van der Waals surface area contributed by atoms with Gasteiger partial charge in [0.05, 0.1) is 16.3 Å². The molecule has 0 radical (unpaired) electrons. The number of amides is 4. The quantitative estimate of drug-likeness (QED) is 0.413. The third-order valence-electron chi connectivity index (χ3n) is 10.6. The molecule has 4 heterocycles. The summed E-state index contributed by atoms with van der Waals surface area (Å²) in [6, 6.07) is 10.0. The minimum absolute atomic E-state index is 0.0829. The Morgan fingerprint density at radius 3 is 2.28 bits per heavy atom. The van der Waals surface area contributed by atoms with Gasteiger partial charge in [0, 0.05) is 70.0 Å². The van der Waals surface area contributed by atoms with E-state index in [9.17, 15) is 27.6 Å².